The third-order valence-corrected chi connectivity index (χ3v) is 4.71. The predicted molar refractivity (Wildman–Crippen MR) is 75.8 cm³/mol. The smallest absolute Gasteiger partial charge is 0.251 e. The van der Waals surface area contributed by atoms with Gasteiger partial charge < -0.3 is 5.32 Å². The molecule has 0 aromatic heterocycles. The van der Waals surface area contributed by atoms with E-state index in [0.717, 1.165) is 9.87 Å². The number of amides is 1. The van der Waals surface area contributed by atoms with E-state index in [9.17, 15) is 13.2 Å². The molecule has 7 heteroatoms. The van der Waals surface area contributed by atoms with E-state index in [-0.39, 0.29) is 18.2 Å². The van der Waals surface area contributed by atoms with Crippen LogP contribution in [0.5, 0.6) is 0 Å². The van der Waals surface area contributed by atoms with Crippen LogP contribution in [-0.4, -0.2) is 45.0 Å². The number of benzene rings is 1. The summed E-state index contributed by atoms with van der Waals surface area (Å²) in [6.07, 6.45) is 0. The van der Waals surface area contributed by atoms with Gasteiger partial charge in [0.1, 0.15) is 0 Å². The van der Waals surface area contributed by atoms with Crippen LogP contribution in [0.3, 0.4) is 0 Å². The fraction of sp³-hybridized carbons (Fsp3) is 0.417. The summed E-state index contributed by atoms with van der Waals surface area (Å²) >= 11 is 5.65. The van der Waals surface area contributed by atoms with Gasteiger partial charge in [-0.25, -0.2) is 12.7 Å². The summed E-state index contributed by atoms with van der Waals surface area (Å²) in [5.74, 6) is -0.0239. The van der Waals surface area contributed by atoms with Crippen molar-refractivity contribution in [2.45, 2.75) is 5.88 Å². The molecule has 0 aliphatic rings. The van der Waals surface area contributed by atoms with Crippen LogP contribution in [0.25, 0.3) is 0 Å². The molecule has 106 valence electrons. The highest BCUT2D eigenvalue weighted by molar-refractivity contribution is 7.89. The Morgan fingerprint density at radius 3 is 2.32 bits per heavy atom. The fourth-order valence-corrected chi connectivity index (χ4v) is 2.23. The van der Waals surface area contributed by atoms with Crippen LogP contribution in [0.1, 0.15) is 15.9 Å². The van der Waals surface area contributed by atoms with Crippen molar-refractivity contribution < 1.29 is 13.2 Å². The quantitative estimate of drug-likeness (QED) is 0.799. The molecule has 0 bridgehead atoms. The van der Waals surface area contributed by atoms with Crippen molar-refractivity contribution in [1.29, 1.82) is 0 Å². The molecule has 19 heavy (non-hydrogen) atoms. The molecule has 0 unspecified atom stereocenters. The number of sulfonamides is 1. The van der Waals surface area contributed by atoms with Gasteiger partial charge in [0.15, 0.2) is 0 Å². The van der Waals surface area contributed by atoms with E-state index in [2.05, 4.69) is 5.32 Å². The first-order chi connectivity index (χ1) is 8.86. The first-order valence-electron chi connectivity index (χ1n) is 5.70. The molecule has 0 heterocycles. The molecule has 1 aromatic carbocycles. The normalized spacial score (nSPS) is 11.6. The van der Waals surface area contributed by atoms with E-state index in [1.807, 2.05) is 0 Å². The minimum absolute atomic E-state index is 0.0800. The molecule has 0 atom stereocenters. The molecule has 1 rings (SSSR count). The maximum Gasteiger partial charge on any atom is 0.251 e. The number of nitrogens with one attached hydrogen (secondary N) is 1. The predicted octanol–water partition coefficient (Wildman–Crippen LogP) is 1.05. The highest BCUT2D eigenvalue weighted by Gasteiger charge is 2.14. The Balaban J connectivity index is 2.52. The second-order valence-electron chi connectivity index (χ2n) is 4.18. The molecule has 0 aliphatic heterocycles. The number of hydrogen-bond acceptors (Lipinski definition) is 3. The molecule has 0 saturated heterocycles. The van der Waals surface area contributed by atoms with E-state index in [0.29, 0.717) is 11.4 Å². The third kappa shape index (κ3) is 4.81. The van der Waals surface area contributed by atoms with Gasteiger partial charge in [-0.15, -0.1) is 11.6 Å². The Labute approximate surface area is 118 Å². The molecular formula is C12H17ClN2O3S. The molecule has 0 fully saturated rings. The highest BCUT2D eigenvalue weighted by atomic mass is 35.5. The number of halogens is 1. The maximum atomic E-state index is 11.7. The van der Waals surface area contributed by atoms with Crippen LogP contribution in [-0.2, 0) is 15.9 Å². The minimum Gasteiger partial charge on any atom is -0.351 e. The standard InChI is InChI=1S/C12H17ClN2O3S/c1-15(2)19(17,18)8-7-14-12(16)11-5-3-10(9-13)4-6-11/h3-6H,7-9H2,1-2H3,(H,14,16). The average Bonchev–Trinajstić information content (AvgIpc) is 2.38. The zero-order chi connectivity index (χ0) is 14.5. The second kappa shape index (κ2) is 6.88. The van der Waals surface area contributed by atoms with Crippen molar-refractivity contribution in [2.75, 3.05) is 26.4 Å². The molecule has 0 radical (unpaired) electrons. The second-order valence-corrected chi connectivity index (χ2v) is 6.75. The molecule has 0 aliphatic carbocycles. The van der Waals surface area contributed by atoms with Crippen LogP contribution < -0.4 is 5.32 Å². The van der Waals surface area contributed by atoms with Gasteiger partial charge in [-0.05, 0) is 17.7 Å². The van der Waals surface area contributed by atoms with Crippen molar-refractivity contribution in [3.8, 4) is 0 Å². The number of nitrogens with zero attached hydrogens (tertiary/aromatic N) is 1. The van der Waals surface area contributed by atoms with Gasteiger partial charge in [0.2, 0.25) is 10.0 Å². The van der Waals surface area contributed by atoms with Crippen molar-refractivity contribution in [2.24, 2.45) is 0 Å². The number of carbonyl (C=O) groups is 1. The Morgan fingerprint density at radius 1 is 1.26 bits per heavy atom. The third-order valence-electron chi connectivity index (χ3n) is 2.57. The summed E-state index contributed by atoms with van der Waals surface area (Å²) in [5, 5.41) is 2.57. The van der Waals surface area contributed by atoms with Crippen molar-refractivity contribution in [3.05, 3.63) is 35.4 Å². The van der Waals surface area contributed by atoms with E-state index in [1.165, 1.54) is 14.1 Å². The fourth-order valence-electron chi connectivity index (χ4n) is 1.32. The van der Waals surface area contributed by atoms with Crippen molar-refractivity contribution in [1.82, 2.24) is 9.62 Å². The van der Waals surface area contributed by atoms with E-state index >= 15 is 0 Å². The Kier molecular flexibility index (Phi) is 5.78. The lowest BCUT2D eigenvalue weighted by Crippen LogP contribution is -2.33. The molecule has 5 nitrogen and oxygen atoms in total. The monoisotopic (exact) mass is 304 g/mol. The van der Waals surface area contributed by atoms with Crippen molar-refractivity contribution >= 4 is 27.5 Å². The van der Waals surface area contributed by atoms with E-state index in [1.54, 1.807) is 24.3 Å². The van der Waals surface area contributed by atoms with Gasteiger partial charge >= 0.3 is 0 Å². The van der Waals surface area contributed by atoms with Gasteiger partial charge in [0.05, 0.1) is 5.75 Å². The lowest BCUT2D eigenvalue weighted by Gasteiger charge is -2.11. The largest absolute Gasteiger partial charge is 0.351 e. The first-order valence-corrected chi connectivity index (χ1v) is 7.84. The summed E-state index contributed by atoms with van der Waals surface area (Å²) in [6, 6.07) is 6.85. The first kappa shape index (κ1) is 15.9. The zero-order valence-corrected chi connectivity index (χ0v) is 12.5. The lowest BCUT2D eigenvalue weighted by atomic mass is 10.1. The summed E-state index contributed by atoms with van der Waals surface area (Å²) in [6.45, 7) is 0.0800. The summed E-state index contributed by atoms with van der Waals surface area (Å²) in [4.78, 5) is 11.7. The van der Waals surface area contributed by atoms with Gasteiger partial charge in [0.25, 0.3) is 5.91 Å². The topological polar surface area (TPSA) is 66.5 Å². The SMILES string of the molecule is CN(C)S(=O)(=O)CCNC(=O)c1ccc(CCl)cc1. The van der Waals surface area contributed by atoms with E-state index < -0.39 is 10.0 Å². The summed E-state index contributed by atoms with van der Waals surface area (Å²) in [5.41, 5.74) is 1.41. The molecule has 0 spiro atoms. The molecule has 1 amide bonds. The Hall–Kier alpha value is -1.11. The van der Waals surface area contributed by atoms with Gasteiger partial charge in [-0.1, -0.05) is 12.1 Å². The Bertz CT molecular complexity index is 526. The Morgan fingerprint density at radius 2 is 1.84 bits per heavy atom. The van der Waals surface area contributed by atoms with Gasteiger partial charge in [-0.2, -0.15) is 0 Å². The highest BCUT2D eigenvalue weighted by Crippen LogP contribution is 2.06. The molecule has 1 N–H and O–H groups in total. The number of rotatable bonds is 6. The van der Waals surface area contributed by atoms with Crippen LogP contribution >= 0.6 is 11.6 Å². The molecular weight excluding hydrogens is 288 g/mol. The van der Waals surface area contributed by atoms with E-state index in [4.69, 9.17) is 11.6 Å². The lowest BCUT2D eigenvalue weighted by molar-refractivity contribution is 0.0956. The van der Waals surface area contributed by atoms with Crippen LogP contribution in [0.2, 0.25) is 0 Å². The minimum atomic E-state index is -3.29. The summed E-state index contributed by atoms with van der Waals surface area (Å²) < 4.78 is 24.1. The summed E-state index contributed by atoms with van der Waals surface area (Å²) in [7, 11) is -0.365. The number of carbonyl (C=O) groups excluding carboxylic acids is 1. The van der Waals surface area contributed by atoms with Gasteiger partial charge in [0, 0.05) is 32.1 Å². The number of hydrogen-bond donors (Lipinski definition) is 1. The van der Waals surface area contributed by atoms with Crippen molar-refractivity contribution in [3.63, 3.8) is 0 Å². The van der Waals surface area contributed by atoms with Crippen LogP contribution in [0, 0.1) is 0 Å². The van der Waals surface area contributed by atoms with Crippen LogP contribution in [0.4, 0.5) is 0 Å². The number of alkyl halides is 1. The molecule has 0 saturated carbocycles. The zero-order valence-electron chi connectivity index (χ0n) is 10.9. The average molecular weight is 305 g/mol. The van der Waals surface area contributed by atoms with Gasteiger partial charge in [-0.3, -0.25) is 4.79 Å². The molecule has 1 aromatic rings. The maximum absolute atomic E-state index is 11.7. The van der Waals surface area contributed by atoms with Crippen LogP contribution in [0.15, 0.2) is 24.3 Å².